The van der Waals surface area contributed by atoms with Crippen molar-refractivity contribution in [3.63, 3.8) is 0 Å². The Kier molecular flexibility index (Phi) is 16.2. The second kappa shape index (κ2) is 17.0. The smallest absolute Gasteiger partial charge is 0.303 e. The lowest BCUT2D eigenvalue weighted by atomic mass is 10.1. The molecule has 0 unspecified atom stereocenters. The second-order valence-electron chi connectivity index (χ2n) is 5.03. The van der Waals surface area contributed by atoms with Crippen molar-refractivity contribution >= 4 is 21.9 Å². The fraction of sp³-hybridized carbons (Fsp3) is 0.611. The summed E-state index contributed by atoms with van der Waals surface area (Å²) in [6, 6.07) is 0. The predicted octanol–water partition coefficient (Wildman–Crippen LogP) is 5.83. The first-order valence-corrected chi connectivity index (χ1v) is 8.79. The summed E-state index contributed by atoms with van der Waals surface area (Å²) in [5.74, 6) is 5.38. The Morgan fingerprint density at radius 3 is 2.24 bits per heavy atom. The van der Waals surface area contributed by atoms with E-state index < -0.39 is 5.97 Å². The molecule has 0 aromatic rings. The summed E-state index contributed by atoms with van der Waals surface area (Å²) in [5.41, 5.74) is 0. The molecule has 0 bridgehead atoms. The van der Waals surface area contributed by atoms with Crippen LogP contribution in [0.15, 0.2) is 23.2 Å². The van der Waals surface area contributed by atoms with Gasteiger partial charge in [-0.15, -0.1) is 0 Å². The summed E-state index contributed by atoms with van der Waals surface area (Å²) in [7, 11) is 0. The van der Waals surface area contributed by atoms with Crippen molar-refractivity contribution in [3.05, 3.63) is 23.2 Å². The van der Waals surface area contributed by atoms with Crippen LogP contribution >= 0.6 is 15.9 Å². The van der Waals surface area contributed by atoms with Gasteiger partial charge in [-0.25, -0.2) is 0 Å². The van der Waals surface area contributed by atoms with E-state index in [1.54, 1.807) is 4.99 Å². The van der Waals surface area contributed by atoms with E-state index in [2.05, 4.69) is 39.9 Å². The van der Waals surface area contributed by atoms with E-state index in [1.165, 1.54) is 38.5 Å². The number of hydrogen-bond donors (Lipinski definition) is 1. The van der Waals surface area contributed by atoms with E-state index in [-0.39, 0.29) is 6.42 Å². The molecule has 2 nitrogen and oxygen atoms in total. The molecule has 0 aliphatic rings. The van der Waals surface area contributed by atoms with Gasteiger partial charge in [-0.05, 0) is 43.2 Å². The molecule has 0 aliphatic carbocycles. The van der Waals surface area contributed by atoms with E-state index >= 15 is 0 Å². The monoisotopic (exact) mass is 354 g/mol. The fourth-order valence-corrected chi connectivity index (χ4v) is 2.08. The van der Waals surface area contributed by atoms with Crippen molar-refractivity contribution < 1.29 is 9.90 Å². The van der Waals surface area contributed by atoms with E-state index in [1.807, 2.05) is 6.08 Å². The van der Waals surface area contributed by atoms with E-state index in [9.17, 15) is 4.79 Å². The Balaban J connectivity index is 3.17. The van der Waals surface area contributed by atoms with Crippen LogP contribution in [-0.2, 0) is 4.79 Å². The number of carboxylic acid groups (broad SMARTS) is 1. The zero-order valence-corrected chi connectivity index (χ0v) is 14.4. The molecule has 0 aromatic heterocycles. The highest BCUT2D eigenvalue weighted by Gasteiger charge is 1.93. The van der Waals surface area contributed by atoms with Gasteiger partial charge in [0.05, 0.1) is 0 Å². The van der Waals surface area contributed by atoms with E-state index in [0.29, 0.717) is 0 Å². The van der Waals surface area contributed by atoms with E-state index in [0.717, 1.165) is 25.7 Å². The zero-order chi connectivity index (χ0) is 15.6. The van der Waals surface area contributed by atoms with Crippen LogP contribution in [0, 0.1) is 11.8 Å². The number of aliphatic carboxylic acids is 1. The molecule has 0 aliphatic heterocycles. The second-order valence-corrected chi connectivity index (χ2v) is 5.56. The van der Waals surface area contributed by atoms with Gasteiger partial charge in [0.1, 0.15) is 0 Å². The van der Waals surface area contributed by atoms with Crippen LogP contribution in [0.1, 0.15) is 70.6 Å². The Labute approximate surface area is 137 Å². The lowest BCUT2D eigenvalue weighted by Gasteiger charge is -1.98. The molecular formula is C18H27BrO2. The van der Waals surface area contributed by atoms with Gasteiger partial charge in [-0.2, -0.15) is 0 Å². The molecule has 1 N–H and O–H groups in total. The van der Waals surface area contributed by atoms with Gasteiger partial charge < -0.3 is 5.11 Å². The summed E-state index contributed by atoms with van der Waals surface area (Å²) in [6.07, 6.45) is 17.8. The summed E-state index contributed by atoms with van der Waals surface area (Å²) in [5, 5.41) is 8.49. The molecule has 3 heteroatoms. The molecule has 0 rings (SSSR count). The number of carbonyl (C=O) groups is 1. The Hall–Kier alpha value is -1.01. The van der Waals surface area contributed by atoms with Crippen molar-refractivity contribution in [3.8, 4) is 11.8 Å². The topological polar surface area (TPSA) is 37.3 Å². The molecule has 0 heterocycles. The molecule has 118 valence electrons. The maximum atomic E-state index is 10.3. The van der Waals surface area contributed by atoms with Crippen LogP contribution < -0.4 is 0 Å². The van der Waals surface area contributed by atoms with Crippen molar-refractivity contribution in [1.29, 1.82) is 0 Å². The van der Waals surface area contributed by atoms with Crippen molar-refractivity contribution in [1.82, 2.24) is 0 Å². The van der Waals surface area contributed by atoms with Gasteiger partial charge in [0.2, 0.25) is 0 Å². The zero-order valence-electron chi connectivity index (χ0n) is 12.8. The third-order valence-electron chi connectivity index (χ3n) is 3.10. The molecule has 0 saturated carbocycles. The van der Waals surface area contributed by atoms with E-state index in [4.69, 9.17) is 5.11 Å². The van der Waals surface area contributed by atoms with Crippen molar-refractivity contribution in [2.24, 2.45) is 0 Å². The first kappa shape index (κ1) is 20.0. The van der Waals surface area contributed by atoms with Crippen LogP contribution in [0.2, 0.25) is 0 Å². The number of allylic oxidation sites excluding steroid dienone is 3. The standard InChI is InChI=1S/C18H27BrO2/c19-17-15-13-11-9-7-5-3-1-2-4-6-8-10-12-14-16-18(20)21/h8,10,15,17H,1-7,9,12,14,16H2,(H,20,21)/b10-8+,17-15-. The highest BCUT2D eigenvalue weighted by molar-refractivity contribution is 9.11. The van der Waals surface area contributed by atoms with Gasteiger partial charge in [0.25, 0.3) is 0 Å². The van der Waals surface area contributed by atoms with Gasteiger partial charge in [0.15, 0.2) is 0 Å². The van der Waals surface area contributed by atoms with Crippen LogP contribution in [0.5, 0.6) is 0 Å². The molecule has 0 radical (unpaired) electrons. The number of halogens is 1. The van der Waals surface area contributed by atoms with Crippen molar-refractivity contribution in [2.75, 3.05) is 0 Å². The normalized spacial score (nSPS) is 10.9. The molecule has 0 spiro atoms. The Morgan fingerprint density at radius 1 is 0.952 bits per heavy atom. The molecule has 0 atom stereocenters. The minimum atomic E-state index is -0.700. The first-order chi connectivity index (χ1) is 10.3. The van der Waals surface area contributed by atoms with Gasteiger partial charge >= 0.3 is 5.97 Å². The molecule has 0 aromatic carbocycles. The maximum Gasteiger partial charge on any atom is 0.303 e. The number of hydrogen-bond acceptors (Lipinski definition) is 1. The van der Waals surface area contributed by atoms with Crippen LogP contribution in [0.25, 0.3) is 0 Å². The van der Waals surface area contributed by atoms with Crippen LogP contribution in [-0.4, -0.2) is 11.1 Å². The SMILES string of the molecule is O=C(O)CCC/C=C/CCCCCCCCC#C/C=C\Br. The Bertz CT molecular complexity index is 361. The molecule has 0 amide bonds. The highest BCUT2D eigenvalue weighted by atomic mass is 79.9. The maximum absolute atomic E-state index is 10.3. The molecule has 0 fully saturated rings. The average molecular weight is 355 g/mol. The molecule has 0 saturated heterocycles. The third-order valence-corrected chi connectivity index (χ3v) is 3.36. The Morgan fingerprint density at radius 2 is 1.57 bits per heavy atom. The summed E-state index contributed by atoms with van der Waals surface area (Å²) >= 11 is 3.19. The summed E-state index contributed by atoms with van der Waals surface area (Å²) < 4.78 is 0. The minimum absolute atomic E-state index is 0.279. The molecule has 21 heavy (non-hydrogen) atoms. The third kappa shape index (κ3) is 19.0. The van der Waals surface area contributed by atoms with Crippen molar-refractivity contribution in [2.45, 2.75) is 70.6 Å². The number of carboxylic acids is 1. The molecular weight excluding hydrogens is 328 g/mol. The quantitative estimate of drug-likeness (QED) is 0.272. The minimum Gasteiger partial charge on any atom is -0.481 e. The van der Waals surface area contributed by atoms with Gasteiger partial charge in [-0.3, -0.25) is 4.79 Å². The van der Waals surface area contributed by atoms with Gasteiger partial charge in [-0.1, -0.05) is 65.6 Å². The predicted molar refractivity (Wildman–Crippen MR) is 93.4 cm³/mol. The van der Waals surface area contributed by atoms with Crippen LogP contribution in [0.3, 0.4) is 0 Å². The fourth-order valence-electron chi connectivity index (χ4n) is 1.95. The number of unbranched alkanes of at least 4 members (excludes halogenated alkanes) is 8. The average Bonchev–Trinajstić information content (AvgIpc) is 2.46. The summed E-state index contributed by atoms with van der Waals surface area (Å²) in [6.45, 7) is 0. The summed E-state index contributed by atoms with van der Waals surface area (Å²) in [4.78, 5) is 12.1. The highest BCUT2D eigenvalue weighted by Crippen LogP contribution is 2.09. The largest absolute Gasteiger partial charge is 0.481 e. The van der Waals surface area contributed by atoms with Gasteiger partial charge in [0, 0.05) is 12.8 Å². The lowest BCUT2D eigenvalue weighted by Crippen LogP contribution is -1.92. The van der Waals surface area contributed by atoms with Crippen LogP contribution in [0.4, 0.5) is 0 Å². The first-order valence-electron chi connectivity index (χ1n) is 7.87. The number of rotatable bonds is 12. The lowest BCUT2D eigenvalue weighted by molar-refractivity contribution is -0.137.